The van der Waals surface area contributed by atoms with Crippen LogP contribution in [0, 0.1) is 16.0 Å². The number of rotatable bonds is 7. The second-order valence-electron chi connectivity index (χ2n) is 5.16. The van der Waals surface area contributed by atoms with Crippen molar-refractivity contribution < 1.29 is 10.0 Å². The van der Waals surface area contributed by atoms with Crippen LogP contribution in [0.3, 0.4) is 0 Å². The average molecular weight is 266 g/mol. The van der Waals surface area contributed by atoms with Gasteiger partial charge in [-0.15, -0.1) is 0 Å². The van der Waals surface area contributed by atoms with Crippen molar-refractivity contribution >= 4 is 5.69 Å². The van der Waals surface area contributed by atoms with Gasteiger partial charge in [-0.1, -0.05) is 38.5 Å². The van der Waals surface area contributed by atoms with Crippen LogP contribution in [-0.2, 0) is 6.54 Å². The maximum Gasteiger partial charge on any atom is 0.273 e. The van der Waals surface area contributed by atoms with E-state index in [0.717, 1.165) is 6.42 Å². The highest BCUT2D eigenvalue weighted by Gasteiger charge is 2.26. The normalized spacial score (nSPS) is 15.8. The molecule has 2 unspecified atom stereocenters. The highest BCUT2D eigenvalue weighted by molar-refractivity contribution is 5.39. The van der Waals surface area contributed by atoms with Gasteiger partial charge in [-0.05, 0) is 12.8 Å². The number of nitrogens with zero attached hydrogens (tertiary/aromatic N) is 1. The Balaban J connectivity index is 2.61. The van der Waals surface area contributed by atoms with Gasteiger partial charge in [-0.3, -0.25) is 10.1 Å². The van der Waals surface area contributed by atoms with Gasteiger partial charge in [-0.25, -0.2) is 0 Å². The van der Waals surface area contributed by atoms with Gasteiger partial charge in [0.15, 0.2) is 0 Å². The molecule has 0 heterocycles. The first-order chi connectivity index (χ1) is 8.88. The van der Waals surface area contributed by atoms with E-state index in [-0.39, 0.29) is 16.5 Å². The zero-order chi connectivity index (χ0) is 14.5. The summed E-state index contributed by atoms with van der Waals surface area (Å²) in [5.41, 5.74) is -0.0659. The predicted molar refractivity (Wildman–Crippen MR) is 74.9 cm³/mol. The summed E-state index contributed by atoms with van der Waals surface area (Å²) in [4.78, 5) is 10.5. The Bertz CT molecular complexity index is 432. The fourth-order valence-electron chi connectivity index (χ4n) is 1.90. The summed E-state index contributed by atoms with van der Waals surface area (Å²) in [6.45, 7) is 6.60. The highest BCUT2D eigenvalue weighted by Crippen LogP contribution is 2.20. The minimum atomic E-state index is -0.807. The lowest BCUT2D eigenvalue weighted by molar-refractivity contribution is -0.385. The van der Waals surface area contributed by atoms with Gasteiger partial charge in [0.05, 0.1) is 10.5 Å². The van der Waals surface area contributed by atoms with Crippen LogP contribution < -0.4 is 5.32 Å². The van der Waals surface area contributed by atoms with Crippen molar-refractivity contribution in [1.82, 2.24) is 5.32 Å². The van der Waals surface area contributed by atoms with Gasteiger partial charge >= 0.3 is 0 Å². The van der Waals surface area contributed by atoms with Crippen molar-refractivity contribution in [1.29, 1.82) is 0 Å². The van der Waals surface area contributed by atoms with E-state index in [9.17, 15) is 15.2 Å². The molecule has 0 fully saturated rings. The first-order valence-electron chi connectivity index (χ1n) is 6.54. The van der Waals surface area contributed by atoms with Crippen LogP contribution in [-0.4, -0.2) is 22.2 Å². The highest BCUT2D eigenvalue weighted by atomic mass is 16.6. The molecule has 5 nitrogen and oxygen atoms in total. The molecule has 0 amide bonds. The zero-order valence-corrected chi connectivity index (χ0v) is 11.7. The van der Waals surface area contributed by atoms with E-state index in [0.29, 0.717) is 18.7 Å². The predicted octanol–water partition coefficient (Wildman–Crippen LogP) is 2.48. The van der Waals surface area contributed by atoms with Gasteiger partial charge < -0.3 is 10.4 Å². The Kier molecular flexibility index (Phi) is 5.44. The third kappa shape index (κ3) is 4.29. The largest absolute Gasteiger partial charge is 0.389 e. The molecule has 1 aromatic carbocycles. The molecule has 2 N–H and O–H groups in total. The average Bonchev–Trinajstić information content (AvgIpc) is 2.37. The zero-order valence-electron chi connectivity index (χ0n) is 11.7. The molecule has 0 spiro atoms. The van der Waals surface area contributed by atoms with Crippen LogP contribution in [0.1, 0.15) is 32.8 Å². The summed E-state index contributed by atoms with van der Waals surface area (Å²) in [7, 11) is 0. The lowest BCUT2D eigenvalue weighted by Gasteiger charge is -2.29. The second kappa shape index (κ2) is 6.63. The van der Waals surface area contributed by atoms with Crippen molar-refractivity contribution in [2.24, 2.45) is 5.92 Å². The molecule has 106 valence electrons. The van der Waals surface area contributed by atoms with E-state index in [4.69, 9.17) is 0 Å². The molecule has 0 bridgehead atoms. The monoisotopic (exact) mass is 266 g/mol. The van der Waals surface area contributed by atoms with Crippen LogP contribution in [0.2, 0.25) is 0 Å². The van der Waals surface area contributed by atoms with Gasteiger partial charge in [0.2, 0.25) is 0 Å². The number of hydrogen-bond acceptors (Lipinski definition) is 4. The van der Waals surface area contributed by atoms with E-state index in [1.165, 1.54) is 6.07 Å². The quantitative estimate of drug-likeness (QED) is 0.587. The topological polar surface area (TPSA) is 75.4 Å². The van der Waals surface area contributed by atoms with Crippen LogP contribution in [0.5, 0.6) is 0 Å². The van der Waals surface area contributed by atoms with Gasteiger partial charge in [0.25, 0.3) is 5.69 Å². The molecule has 0 aliphatic carbocycles. The maximum absolute atomic E-state index is 10.9. The van der Waals surface area contributed by atoms with Gasteiger partial charge in [-0.2, -0.15) is 0 Å². The molecule has 2 atom stereocenters. The molecule has 0 aromatic heterocycles. The van der Waals surface area contributed by atoms with Crippen molar-refractivity contribution in [2.45, 2.75) is 39.3 Å². The number of nitro benzene ring substituents is 1. The summed E-state index contributed by atoms with van der Waals surface area (Å²) in [5, 5.41) is 24.2. The summed E-state index contributed by atoms with van der Waals surface area (Å²) in [5.74, 6) is 0.172. The first-order valence-corrected chi connectivity index (χ1v) is 6.54. The number of aliphatic hydroxyl groups is 1. The smallest absolute Gasteiger partial charge is 0.273 e. The second-order valence-corrected chi connectivity index (χ2v) is 5.16. The Morgan fingerprint density at radius 1 is 1.47 bits per heavy atom. The Morgan fingerprint density at radius 3 is 2.68 bits per heavy atom. The number of nitrogens with one attached hydrogen (secondary N) is 1. The van der Waals surface area contributed by atoms with E-state index in [1.54, 1.807) is 25.1 Å². The molecule has 0 saturated carbocycles. The summed E-state index contributed by atoms with van der Waals surface area (Å²) < 4.78 is 0. The van der Waals surface area contributed by atoms with Crippen molar-refractivity contribution in [3.63, 3.8) is 0 Å². The minimum Gasteiger partial charge on any atom is -0.389 e. The van der Waals surface area contributed by atoms with Crippen molar-refractivity contribution in [3.8, 4) is 0 Å². The molecule has 5 heteroatoms. The Morgan fingerprint density at radius 2 is 2.11 bits per heavy atom. The number of nitro groups is 1. The van der Waals surface area contributed by atoms with Gasteiger partial charge in [0, 0.05) is 24.7 Å². The molecule has 0 radical (unpaired) electrons. The molecule has 0 aliphatic rings. The molecule has 0 saturated heterocycles. The summed E-state index contributed by atoms with van der Waals surface area (Å²) in [6.07, 6.45) is 0.889. The van der Waals surface area contributed by atoms with Crippen LogP contribution >= 0.6 is 0 Å². The van der Waals surface area contributed by atoms with Crippen molar-refractivity contribution in [2.75, 3.05) is 6.54 Å². The summed E-state index contributed by atoms with van der Waals surface area (Å²) >= 11 is 0. The molecule has 19 heavy (non-hydrogen) atoms. The van der Waals surface area contributed by atoms with E-state index in [2.05, 4.69) is 5.32 Å². The lowest BCUT2D eigenvalue weighted by atomic mass is 9.88. The first kappa shape index (κ1) is 15.6. The van der Waals surface area contributed by atoms with E-state index in [1.807, 2.05) is 13.8 Å². The fraction of sp³-hybridized carbons (Fsp3) is 0.571. The maximum atomic E-state index is 10.9. The Hall–Kier alpha value is -1.46. The van der Waals surface area contributed by atoms with Crippen LogP contribution in [0.4, 0.5) is 5.69 Å². The number of hydrogen-bond donors (Lipinski definition) is 2. The van der Waals surface area contributed by atoms with E-state index >= 15 is 0 Å². The number of para-hydroxylation sites is 1. The third-order valence-electron chi connectivity index (χ3n) is 3.66. The van der Waals surface area contributed by atoms with Crippen LogP contribution in [0.15, 0.2) is 24.3 Å². The third-order valence-corrected chi connectivity index (χ3v) is 3.66. The van der Waals surface area contributed by atoms with Crippen LogP contribution in [0.25, 0.3) is 0 Å². The standard InChI is InChI=1S/C14H22N2O3/c1-4-11(2)14(3,17)10-15-9-12-7-5-6-8-13(12)16(18)19/h5-8,11,15,17H,4,9-10H2,1-3H3. The number of benzene rings is 1. The molecule has 1 aromatic rings. The SMILES string of the molecule is CCC(C)C(C)(O)CNCc1ccccc1[N+](=O)[O-]. The molecule has 0 aliphatic heterocycles. The van der Waals surface area contributed by atoms with Gasteiger partial charge in [0.1, 0.15) is 0 Å². The minimum absolute atomic E-state index is 0.109. The van der Waals surface area contributed by atoms with Crippen molar-refractivity contribution in [3.05, 3.63) is 39.9 Å². The van der Waals surface area contributed by atoms with E-state index < -0.39 is 5.60 Å². The Labute approximate surface area is 113 Å². The molecular formula is C14H22N2O3. The lowest BCUT2D eigenvalue weighted by Crippen LogP contribution is -2.42. The molecule has 1 rings (SSSR count). The molecular weight excluding hydrogens is 244 g/mol. The summed E-state index contributed by atoms with van der Waals surface area (Å²) in [6, 6.07) is 6.64. The fourth-order valence-corrected chi connectivity index (χ4v) is 1.90.